The predicted molar refractivity (Wildman–Crippen MR) is 100 cm³/mol. The summed E-state index contributed by atoms with van der Waals surface area (Å²) >= 11 is 0. The van der Waals surface area contributed by atoms with Gasteiger partial charge < -0.3 is 14.4 Å². The first kappa shape index (κ1) is 15.5. The lowest BCUT2D eigenvalue weighted by atomic mass is 10.0. The molecule has 0 unspecified atom stereocenters. The Morgan fingerprint density at radius 3 is 2.52 bits per heavy atom. The number of nitrogens with zero attached hydrogens (tertiary/aromatic N) is 3. The van der Waals surface area contributed by atoms with Crippen LogP contribution in [0.25, 0.3) is 5.69 Å². The molecule has 3 aromatic rings. The molecule has 0 fully saturated rings. The molecule has 2 aromatic carbocycles. The topological polar surface area (TPSA) is 28.5 Å². The summed E-state index contributed by atoms with van der Waals surface area (Å²) < 4.78 is 2.11. The summed E-state index contributed by atoms with van der Waals surface area (Å²) in [7, 11) is 3.90. The first-order chi connectivity index (χ1) is 12.1. The lowest BCUT2D eigenvalue weighted by Crippen LogP contribution is -2.45. The van der Waals surface area contributed by atoms with Gasteiger partial charge in [-0.05, 0) is 42.8 Å². The molecule has 126 valence electrons. The van der Waals surface area contributed by atoms with Crippen molar-refractivity contribution in [1.29, 1.82) is 0 Å². The summed E-state index contributed by atoms with van der Waals surface area (Å²) in [6.07, 6.45) is 4.04. The summed E-state index contributed by atoms with van der Waals surface area (Å²) in [4.78, 5) is 16.7. The van der Waals surface area contributed by atoms with Crippen LogP contribution in [-0.2, 0) is 0 Å². The fourth-order valence-electron chi connectivity index (χ4n) is 3.62. The van der Waals surface area contributed by atoms with Crippen molar-refractivity contribution >= 4 is 11.6 Å². The van der Waals surface area contributed by atoms with Crippen LogP contribution in [0.2, 0.25) is 0 Å². The predicted octanol–water partition coefficient (Wildman–Crippen LogP) is 4.01. The van der Waals surface area contributed by atoms with Crippen LogP contribution in [0.5, 0.6) is 0 Å². The van der Waals surface area contributed by atoms with Crippen molar-refractivity contribution in [1.82, 2.24) is 9.47 Å². The molecule has 0 saturated heterocycles. The molecule has 1 atom stereocenters. The maximum absolute atomic E-state index is 12.8. The fourth-order valence-corrected chi connectivity index (χ4v) is 3.62. The highest BCUT2D eigenvalue weighted by Gasteiger charge is 2.34. The Balaban J connectivity index is 1.74. The van der Waals surface area contributed by atoms with Crippen molar-refractivity contribution in [3.05, 3.63) is 83.7 Å². The third-order valence-corrected chi connectivity index (χ3v) is 4.88. The van der Waals surface area contributed by atoms with Gasteiger partial charge in [0, 0.05) is 37.7 Å². The molecule has 4 nitrogen and oxygen atoms in total. The van der Waals surface area contributed by atoms with Crippen LogP contribution >= 0.6 is 0 Å². The third kappa shape index (κ3) is 2.50. The van der Waals surface area contributed by atoms with E-state index in [4.69, 9.17) is 0 Å². The Labute approximate surface area is 147 Å². The van der Waals surface area contributed by atoms with Gasteiger partial charge in [-0.1, -0.05) is 24.3 Å². The molecule has 0 N–H and O–H groups in total. The van der Waals surface area contributed by atoms with Gasteiger partial charge in [0.05, 0.1) is 11.3 Å². The second kappa shape index (κ2) is 5.81. The summed E-state index contributed by atoms with van der Waals surface area (Å²) in [5.41, 5.74) is 5.16. The van der Waals surface area contributed by atoms with Gasteiger partial charge in [-0.25, -0.2) is 0 Å². The number of fused-ring (bicyclic) bond motifs is 1. The first-order valence-electron chi connectivity index (χ1n) is 8.40. The smallest absolute Gasteiger partial charge is 0.257 e. The molecule has 0 bridgehead atoms. The first-order valence-corrected chi connectivity index (χ1v) is 8.40. The van der Waals surface area contributed by atoms with E-state index >= 15 is 0 Å². The normalized spacial score (nSPS) is 16.9. The highest BCUT2D eigenvalue weighted by Crippen LogP contribution is 2.36. The molecule has 1 amide bonds. The van der Waals surface area contributed by atoms with Gasteiger partial charge in [0.2, 0.25) is 0 Å². The Morgan fingerprint density at radius 2 is 1.72 bits per heavy atom. The second-order valence-electron chi connectivity index (χ2n) is 6.61. The SMILES string of the molecule is Cc1cccc(-n2ccc([C@@H]3N(C)C(=O)c4ccccc4N3C)c2)c1. The number of hydrogen-bond donors (Lipinski definition) is 0. The number of carbonyl (C=O) groups is 1. The molecule has 1 aliphatic rings. The number of amides is 1. The summed E-state index contributed by atoms with van der Waals surface area (Å²) in [6.45, 7) is 2.09. The van der Waals surface area contributed by atoms with Gasteiger partial charge in [0.15, 0.2) is 0 Å². The van der Waals surface area contributed by atoms with Crippen molar-refractivity contribution in [2.75, 3.05) is 19.0 Å². The Bertz CT molecular complexity index is 944. The zero-order chi connectivity index (χ0) is 17.6. The van der Waals surface area contributed by atoms with Crippen molar-refractivity contribution in [3.8, 4) is 5.69 Å². The van der Waals surface area contributed by atoms with E-state index in [0.29, 0.717) is 0 Å². The van der Waals surface area contributed by atoms with Gasteiger partial charge in [0.25, 0.3) is 5.91 Å². The molecule has 0 saturated carbocycles. The highest BCUT2D eigenvalue weighted by atomic mass is 16.2. The van der Waals surface area contributed by atoms with E-state index in [1.807, 2.05) is 38.4 Å². The van der Waals surface area contributed by atoms with Crippen molar-refractivity contribution < 1.29 is 4.79 Å². The van der Waals surface area contributed by atoms with Crippen LogP contribution in [0.15, 0.2) is 67.0 Å². The van der Waals surface area contributed by atoms with Crippen LogP contribution in [-0.4, -0.2) is 29.5 Å². The van der Waals surface area contributed by atoms with E-state index in [9.17, 15) is 4.79 Å². The van der Waals surface area contributed by atoms with Gasteiger partial charge in [0.1, 0.15) is 6.17 Å². The summed E-state index contributed by atoms with van der Waals surface area (Å²) in [6, 6.07) is 18.2. The van der Waals surface area contributed by atoms with E-state index < -0.39 is 0 Å². The van der Waals surface area contributed by atoms with E-state index in [2.05, 4.69) is 59.1 Å². The van der Waals surface area contributed by atoms with Crippen LogP contribution in [0, 0.1) is 6.92 Å². The minimum Gasteiger partial charge on any atom is -0.350 e. The molecule has 25 heavy (non-hydrogen) atoms. The molecule has 0 radical (unpaired) electrons. The largest absolute Gasteiger partial charge is 0.350 e. The molecule has 1 aromatic heterocycles. The van der Waals surface area contributed by atoms with Crippen LogP contribution in [0.3, 0.4) is 0 Å². The summed E-state index contributed by atoms with van der Waals surface area (Å²) in [5.74, 6) is 0.0574. The average molecular weight is 331 g/mol. The number of rotatable bonds is 2. The number of hydrogen-bond acceptors (Lipinski definition) is 2. The van der Waals surface area contributed by atoms with Crippen molar-refractivity contribution in [2.45, 2.75) is 13.1 Å². The molecular formula is C21H21N3O. The zero-order valence-corrected chi connectivity index (χ0v) is 14.7. The van der Waals surface area contributed by atoms with E-state index in [-0.39, 0.29) is 12.1 Å². The second-order valence-corrected chi connectivity index (χ2v) is 6.61. The maximum Gasteiger partial charge on any atom is 0.257 e. The lowest BCUT2D eigenvalue weighted by molar-refractivity contribution is 0.0711. The van der Waals surface area contributed by atoms with Gasteiger partial charge in [-0.2, -0.15) is 0 Å². The number of aromatic nitrogens is 1. The minimum absolute atomic E-state index is 0.0574. The number of anilines is 1. The minimum atomic E-state index is -0.117. The average Bonchev–Trinajstić information content (AvgIpc) is 3.10. The Kier molecular flexibility index (Phi) is 3.61. The number of benzene rings is 2. The number of aryl methyl sites for hydroxylation is 1. The van der Waals surface area contributed by atoms with Crippen LogP contribution in [0.1, 0.15) is 27.7 Å². The Hall–Kier alpha value is -3.01. The van der Waals surface area contributed by atoms with E-state index in [1.54, 1.807) is 4.90 Å². The summed E-state index contributed by atoms with van der Waals surface area (Å²) in [5, 5.41) is 0. The van der Waals surface area contributed by atoms with E-state index in [0.717, 1.165) is 22.5 Å². The lowest BCUT2D eigenvalue weighted by Gasteiger charge is -2.41. The molecule has 0 aliphatic carbocycles. The van der Waals surface area contributed by atoms with Crippen LogP contribution < -0.4 is 4.90 Å². The number of carbonyl (C=O) groups excluding carboxylic acids is 1. The highest BCUT2D eigenvalue weighted by molar-refractivity contribution is 6.01. The van der Waals surface area contributed by atoms with Crippen LogP contribution in [0.4, 0.5) is 5.69 Å². The molecule has 4 rings (SSSR count). The fraction of sp³-hybridized carbons (Fsp3) is 0.190. The van der Waals surface area contributed by atoms with Crippen molar-refractivity contribution in [3.63, 3.8) is 0 Å². The molecule has 0 spiro atoms. The monoisotopic (exact) mass is 331 g/mol. The molecule has 1 aliphatic heterocycles. The maximum atomic E-state index is 12.8. The Morgan fingerprint density at radius 1 is 0.920 bits per heavy atom. The van der Waals surface area contributed by atoms with Crippen molar-refractivity contribution in [2.24, 2.45) is 0 Å². The third-order valence-electron chi connectivity index (χ3n) is 4.88. The van der Waals surface area contributed by atoms with Gasteiger partial charge >= 0.3 is 0 Å². The molecule has 2 heterocycles. The quantitative estimate of drug-likeness (QED) is 0.710. The van der Waals surface area contributed by atoms with E-state index in [1.165, 1.54) is 5.56 Å². The molecular weight excluding hydrogens is 310 g/mol. The standard InChI is InChI=1S/C21H21N3O/c1-15-7-6-8-17(13-15)24-12-11-16(14-24)20-22(2)19-10-5-4-9-18(19)21(25)23(20)3/h4-14,20H,1-3H3/t20-/m0/s1. The van der Waals surface area contributed by atoms with Gasteiger partial charge in [-0.3, -0.25) is 4.79 Å². The van der Waals surface area contributed by atoms with Gasteiger partial charge in [-0.15, -0.1) is 0 Å². The number of para-hydroxylation sites is 1. The zero-order valence-electron chi connectivity index (χ0n) is 14.7. The molecule has 4 heteroatoms.